The molecule has 112 valence electrons. The number of benzene rings is 2. The molecule has 2 aromatic rings. The molecule has 0 heterocycles. The Balaban J connectivity index is 1.77. The fourth-order valence-electron chi connectivity index (χ4n) is 2.81. The van der Waals surface area contributed by atoms with E-state index in [-0.39, 0.29) is 24.6 Å². The van der Waals surface area contributed by atoms with E-state index < -0.39 is 6.09 Å². The molecule has 1 atom stereocenters. The number of fused-ring (bicyclic) bond motifs is 3. The molecule has 0 radical (unpaired) electrons. The van der Waals surface area contributed by atoms with Crippen molar-refractivity contribution in [3.05, 3.63) is 59.7 Å². The Morgan fingerprint density at radius 3 is 2.09 bits per heavy atom. The first-order valence-electron chi connectivity index (χ1n) is 7.04. The van der Waals surface area contributed by atoms with Gasteiger partial charge in [0.25, 0.3) is 0 Å². The quantitative estimate of drug-likeness (QED) is 0.883. The summed E-state index contributed by atoms with van der Waals surface area (Å²) in [7, 11) is 2.01. The second kappa shape index (κ2) is 6.29. The summed E-state index contributed by atoms with van der Waals surface area (Å²) in [6.07, 6.45) is -0.572. The fourth-order valence-corrected chi connectivity index (χ4v) is 2.91. The molecule has 0 aromatic heterocycles. The van der Waals surface area contributed by atoms with E-state index in [1.165, 1.54) is 22.3 Å². The Labute approximate surface area is 131 Å². The lowest BCUT2D eigenvalue weighted by Crippen LogP contribution is -2.29. The summed E-state index contributed by atoms with van der Waals surface area (Å²) in [5.41, 5.74) is 4.52. The van der Waals surface area contributed by atoms with Gasteiger partial charge in [-0.3, -0.25) is 4.79 Å². The Morgan fingerprint density at radius 1 is 1.00 bits per heavy atom. The van der Waals surface area contributed by atoms with Gasteiger partial charge in [0.2, 0.25) is 0 Å². The van der Waals surface area contributed by atoms with Crippen LogP contribution in [0.1, 0.15) is 17.0 Å². The van der Waals surface area contributed by atoms with Gasteiger partial charge in [0.15, 0.2) is 5.52 Å². The molecule has 0 saturated carbocycles. The molecule has 5 heteroatoms. The van der Waals surface area contributed by atoms with Crippen molar-refractivity contribution in [2.45, 2.75) is 5.92 Å². The standard InChI is InChI=1S/C17H16NO3P/c19-16(22)9-18-17(20)21-10-15-13-7-3-1-5-11(13)12-6-2-4-8-14(12)15/h1-8,15H,9-10,22H2,(H,18,20). The van der Waals surface area contributed by atoms with Crippen LogP contribution in [0.3, 0.4) is 0 Å². The van der Waals surface area contributed by atoms with Crippen molar-refractivity contribution in [3.63, 3.8) is 0 Å². The third kappa shape index (κ3) is 2.88. The number of hydrogen-bond donors (Lipinski definition) is 1. The van der Waals surface area contributed by atoms with Crippen molar-refractivity contribution in [3.8, 4) is 11.1 Å². The Bertz CT molecular complexity index is 684. The minimum absolute atomic E-state index is 0.0323. The Morgan fingerprint density at radius 2 is 1.55 bits per heavy atom. The van der Waals surface area contributed by atoms with Gasteiger partial charge in [0.05, 0.1) is 6.54 Å². The van der Waals surface area contributed by atoms with Crippen LogP contribution in [0, 0.1) is 0 Å². The third-order valence-electron chi connectivity index (χ3n) is 3.75. The van der Waals surface area contributed by atoms with Gasteiger partial charge in [-0.15, -0.1) is 0 Å². The van der Waals surface area contributed by atoms with Crippen molar-refractivity contribution >= 4 is 20.9 Å². The van der Waals surface area contributed by atoms with Gasteiger partial charge in [-0.25, -0.2) is 4.79 Å². The normalized spacial score (nSPS) is 12.4. The molecule has 1 N–H and O–H groups in total. The number of nitrogens with one attached hydrogen (secondary N) is 1. The largest absolute Gasteiger partial charge is 0.449 e. The summed E-state index contributed by atoms with van der Waals surface area (Å²) in [6.45, 7) is 0.215. The molecular weight excluding hydrogens is 297 g/mol. The van der Waals surface area contributed by atoms with Crippen molar-refractivity contribution in [1.82, 2.24) is 5.32 Å². The molecule has 1 unspecified atom stereocenters. The predicted molar refractivity (Wildman–Crippen MR) is 87.8 cm³/mol. The maximum Gasteiger partial charge on any atom is 0.407 e. The van der Waals surface area contributed by atoms with E-state index in [1.807, 2.05) is 33.5 Å². The van der Waals surface area contributed by atoms with Crippen molar-refractivity contribution in [1.29, 1.82) is 0 Å². The van der Waals surface area contributed by atoms with Crippen LogP contribution in [0.2, 0.25) is 0 Å². The predicted octanol–water partition coefficient (Wildman–Crippen LogP) is 2.93. The second-order valence-electron chi connectivity index (χ2n) is 5.15. The molecule has 0 saturated heterocycles. The number of carbonyl (C=O) groups excluding carboxylic acids is 2. The van der Waals surface area contributed by atoms with Gasteiger partial charge < -0.3 is 10.1 Å². The topological polar surface area (TPSA) is 55.4 Å². The highest BCUT2D eigenvalue weighted by Crippen LogP contribution is 2.44. The molecule has 0 fully saturated rings. The lowest BCUT2D eigenvalue weighted by molar-refractivity contribution is -0.110. The smallest absolute Gasteiger partial charge is 0.407 e. The van der Waals surface area contributed by atoms with E-state index in [1.54, 1.807) is 0 Å². The molecule has 1 aliphatic carbocycles. The van der Waals surface area contributed by atoms with Crippen LogP contribution in [-0.2, 0) is 9.53 Å². The summed E-state index contributed by atoms with van der Waals surface area (Å²) in [6, 6.07) is 16.3. The van der Waals surface area contributed by atoms with Gasteiger partial charge in [-0.05, 0) is 22.3 Å². The number of rotatable bonds is 4. The number of carbonyl (C=O) groups is 2. The summed E-state index contributed by atoms with van der Waals surface area (Å²) < 4.78 is 5.28. The first-order valence-corrected chi connectivity index (χ1v) is 7.61. The average molecular weight is 313 g/mol. The monoisotopic (exact) mass is 313 g/mol. The number of hydrogen-bond acceptors (Lipinski definition) is 3. The third-order valence-corrected chi connectivity index (χ3v) is 3.95. The van der Waals surface area contributed by atoms with Crippen molar-refractivity contribution in [2.75, 3.05) is 13.2 Å². The van der Waals surface area contributed by atoms with Gasteiger partial charge in [0, 0.05) is 5.92 Å². The van der Waals surface area contributed by atoms with Crippen LogP contribution in [-0.4, -0.2) is 24.8 Å². The van der Waals surface area contributed by atoms with Crippen LogP contribution in [0.15, 0.2) is 48.5 Å². The van der Waals surface area contributed by atoms with E-state index in [0.29, 0.717) is 0 Å². The molecule has 1 aliphatic rings. The molecular formula is C17H16NO3P. The highest BCUT2D eigenvalue weighted by Gasteiger charge is 2.28. The lowest BCUT2D eigenvalue weighted by atomic mass is 9.98. The number of ether oxygens (including phenoxy) is 1. The van der Waals surface area contributed by atoms with Crippen LogP contribution in [0.4, 0.5) is 4.79 Å². The number of alkyl carbamates (subject to hydrolysis) is 1. The first kappa shape index (κ1) is 14.7. The molecule has 0 aliphatic heterocycles. The molecule has 22 heavy (non-hydrogen) atoms. The maximum absolute atomic E-state index is 11.6. The lowest BCUT2D eigenvalue weighted by Gasteiger charge is -2.14. The van der Waals surface area contributed by atoms with E-state index in [2.05, 4.69) is 29.6 Å². The van der Waals surface area contributed by atoms with Crippen LogP contribution in [0.25, 0.3) is 11.1 Å². The highest BCUT2D eigenvalue weighted by molar-refractivity contribution is 7.40. The van der Waals surface area contributed by atoms with Crippen molar-refractivity contribution in [2.24, 2.45) is 0 Å². The first-order chi connectivity index (χ1) is 10.7. The summed E-state index contributed by atoms with van der Waals surface area (Å²) in [5, 5.41) is 2.42. The number of amides is 1. The summed E-state index contributed by atoms with van der Waals surface area (Å²) in [4.78, 5) is 22.5. The van der Waals surface area contributed by atoms with E-state index in [0.717, 1.165) is 0 Å². The summed E-state index contributed by atoms with van der Waals surface area (Å²) >= 11 is 0. The second-order valence-corrected chi connectivity index (χ2v) is 5.79. The average Bonchev–Trinajstić information content (AvgIpc) is 2.85. The van der Waals surface area contributed by atoms with Gasteiger partial charge in [0.1, 0.15) is 6.61 Å². The minimum atomic E-state index is -0.572. The van der Waals surface area contributed by atoms with Crippen LogP contribution in [0.5, 0.6) is 0 Å². The zero-order valence-electron chi connectivity index (χ0n) is 11.9. The summed E-state index contributed by atoms with van der Waals surface area (Å²) in [5.74, 6) is 0.0323. The minimum Gasteiger partial charge on any atom is -0.449 e. The van der Waals surface area contributed by atoms with Gasteiger partial charge in [-0.1, -0.05) is 57.8 Å². The fraction of sp³-hybridized carbons (Fsp3) is 0.176. The molecule has 2 aromatic carbocycles. The maximum atomic E-state index is 11.6. The molecule has 3 rings (SSSR count). The van der Waals surface area contributed by atoms with E-state index >= 15 is 0 Å². The zero-order chi connectivity index (χ0) is 15.5. The Kier molecular flexibility index (Phi) is 4.21. The van der Waals surface area contributed by atoms with Crippen molar-refractivity contribution < 1.29 is 14.3 Å². The Hall–Kier alpha value is -2.19. The molecule has 4 nitrogen and oxygen atoms in total. The highest BCUT2D eigenvalue weighted by atomic mass is 31.0. The van der Waals surface area contributed by atoms with Crippen LogP contribution >= 0.6 is 9.24 Å². The van der Waals surface area contributed by atoms with Gasteiger partial charge >= 0.3 is 6.09 Å². The van der Waals surface area contributed by atoms with E-state index in [4.69, 9.17) is 4.74 Å². The van der Waals surface area contributed by atoms with Gasteiger partial charge in [-0.2, -0.15) is 0 Å². The SMILES string of the molecule is O=C(P)CNC(=O)OCC1c2ccccc2-c2ccccc21. The molecule has 0 bridgehead atoms. The van der Waals surface area contributed by atoms with E-state index in [9.17, 15) is 9.59 Å². The zero-order valence-corrected chi connectivity index (χ0v) is 13.1. The van der Waals surface area contributed by atoms with Crippen LogP contribution < -0.4 is 5.32 Å². The molecule has 1 amide bonds. The molecule has 0 spiro atoms.